The van der Waals surface area contributed by atoms with Crippen LogP contribution in [0.3, 0.4) is 0 Å². The van der Waals surface area contributed by atoms with Crippen LogP contribution in [0, 0.1) is 0 Å². The molecule has 1 atom stereocenters. The van der Waals surface area contributed by atoms with E-state index in [4.69, 9.17) is 0 Å². The minimum absolute atomic E-state index is 0.0233. The van der Waals surface area contributed by atoms with E-state index in [9.17, 15) is 4.79 Å². The van der Waals surface area contributed by atoms with Crippen molar-refractivity contribution in [1.29, 1.82) is 0 Å². The van der Waals surface area contributed by atoms with E-state index in [1.807, 2.05) is 6.07 Å². The number of likely N-dealkylation sites (tertiary alicyclic amines) is 1. The van der Waals surface area contributed by atoms with Gasteiger partial charge in [-0.15, -0.1) is 0 Å². The Morgan fingerprint density at radius 2 is 2.16 bits per heavy atom. The quantitative estimate of drug-likeness (QED) is 0.781. The van der Waals surface area contributed by atoms with E-state index in [1.165, 1.54) is 29.6 Å². The Kier molecular flexibility index (Phi) is 3.11. The average molecular weight is 257 g/mol. The van der Waals surface area contributed by atoms with Gasteiger partial charge in [0.05, 0.1) is 11.6 Å². The standard InChI is InChI=1S/C15H19N3O/c1-17-7-3-4-12(10-17)11-5-6-14-13(8-11)9-16-18(2)15(14)19/h5-6,8-9,12H,3-4,7,10H2,1-2H3. The number of likely N-dealkylation sites (N-methyl/N-ethyl adjacent to an activating group) is 1. The van der Waals surface area contributed by atoms with Gasteiger partial charge in [-0.25, -0.2) is 4.68 Å². The van der Waals surface area contributed by atoms with E-state index in [0.717, 1.165) is 17.3 Å². The van der Waals surface area contributed by atoms with Crippen molar-refractivity contribution in [3.05, 3.63) is 40.3 Å². The van der Waals surface area contributed by atoms with Gasteiger partial charge in [0.25, 0.3) is 5.56 Å². The predicted molar refractivity (Wildman–Crippen MR) is 76.5 cm³/mol. The number of hydrogen-bond acceptors (Lipinski definition) is 3. The number of benzene rings is 1. The lowest BCUT2D eigenvalue weighted by molar-refractivity contribution is 0.251. The molecule has 100 valence electrons. The van der Waals surface area contributed by atoms with Crippen LogP contribution in [0.15, 0.2) is 29.2 Å². The van der Waals surface area contributed by atoms with E-state index >= 15 is 0 Å². The van der Waals surface area contributed by atoms with Gasteiger partial charge in [0.15, 0.2) is 0 Å². The molecule has 0 N–H and O–H groups in total. The summed E-state index contributed by atoms with van der Waals surface area (Å²) in [5.74, 6) is 0.576. The van der Waals surface area contributed by atoms with Crippen molar-refractivity contribution in [2.24, 2.45) is 7.05 Å². The van der Waals surface area contributed by atoms with Crippen molar-refractivity contribution in [2.75, 3.05) is 20.1 Å². The molecule has 4 heteroatoms. The van der Waals surface area contributed by atoms with Gasteiger partial charge in [-0.3, -0.25) is 4.79 Å². The Bertz CT molecular complexity index is 662. The van der Waals surface area contributed by atoms with Gasteiger partial charge >= 0.3 is 0 Å². The highest BCUT2D eigenvalue weighted by molar-refractivity contribution is 5.81. The molecule has 19 heavy (non-hydrogen) atoms. The van der Waals surface area contributed by atoms with Crippen LogP contribution in [0.1, 0.15) is 24.3 Å². The number of piperidine rings is 1. The molecule has 2 aromatic rings. The normalized spacial score (nSPS) is 20.8. The zero-order valence-electron chi connectivity index (χ0n) is 11.5. The van der Waals surface area contributed by atoms with Crippen LogP contribution < -0.4 is 5.56 Å². The summed E-state index contributed by atoms with van der Waals surface area (Å²) in [6.45, 7) is 2.29. The highest BCUT2D eigenvalue weighted by atomic mass is 16.1. The third kappa shape index (κ3) is 2.28. The fourth-order valence-electron chi connectivity index (χ4n) is 2.95. The maximum absolute atomic E-state index is 12.0. The zero-order valence-corrected chi connectivity index (χ0v) is 11.5. The molecular weight excluding hydrogens is 238 g/mol. The lowest BCUT2D eigenvalue weighted by atomic mass is 9.90. The fourth-order valence-corrected chi connectivity index (χ4v) is 2.95. The first-order valence-corrected chi connectivity index (χ1v) is 6.79. The molecule has 0 radical (unpaired) electrons. The van der Waals surface area contributed by atoms with Crippen LogP contribution in [0.2, 0.25) is 0 Å². The molecule has 1 aliphatic heterocycles. The summed E-state index contributed by atoms with van der Waals surface area (Å²) in [6, 6.07) is 6.18. The molecule has 4 nitrogen and oxygen atoms in total. The molecule has 0 bridgehead atoms. The van der Waals surface area contributed by atoms with Gasteiger partial charge < -0.3 is 4.90 Å². The van der Waals surface area contributed by atoms with Gasteiger partial charge in [0.2, 0.25) is 0 Å². The van der Waals surface area contributed by atoms with Crippen LogP contribution in [0.25, 0.3) is 10.8 Å². The van der Waals surface area contributed by atoms with Crippen LogP contribution in [-0.2, 0) is 7.05 Å². The largest absolute Gasteiger partial charge is 0.306 e. The van der Waals surface area contributed by atoms with E-state index in [1.54, 1.807) is 13.2 Å². The first-order valence-electron chi connectivity index (χ1n) is 6.79. The summed E-state index contributed by atoms with van der Waals surface area (Å²) < 4.78 is 1.39. The molecule has 1 unspecified atom stereocenters. The molecule has 3 rings (SSSR count). The average Bonchev–Trinajstić information content (AvgIpc) is 2.43. The maximum Gasteiger partial charge on any atom is 0.274 e. The van der Waals surface area contributed by atoms with Gasteiger partial charge in [-0.2, -0.15) is 5.10 Å². The predicted octanol–water partition coefficient (Wildman–Crippen LogP) is 1.74. The molecular formula is C15H19N3O. The summed E-state index contributed by atoms with van der Waals surface area (Å²) in [5.41, 5.74) is 1.30. The first kappa shape index (κ1) is 12.4. The molecule has 1 saturated heterocycles. The molecule has 1 aliphatic rings. The number of nitrogens with zero attached hydrogens (tertiary/aromatic N) is 3. The Hall–Kier alpha value is -1.68. The number of rotatable bonds is 1. The number of aryl methyl sites for hydroxylation is 1. The minimum atomic E-state index is -0.0233. The zero-order chi connectivity index (χ0) is 13.4. The topological polar surface area (TPSA) is 38.1 Å². The Balaban J connectivity index is 2.02. The first-order chi connectivity index (χ1) is 9.15. The van der Waals surface area contributed by atoms with Gasteiger partial charge in [0.1, 0.15) is 0 Å². The molecule has 1 fully saturated rings. The molecule has 1 aromatic heterocycles. The van der Waals surface area contributed by atoms with Crippen LogP contribution in [0.5, 0.6) is 0 Å². The van der Waals surface area contributed by atoms with E-state index in [0.29, 0.717) is 5.92 Å². The fraction of sp³-hybridized carbons (Fsp3) is 0.467. The molecule has 0 aliphatic carbocycles. The number of hydrogen-bond donors (Lipinski definition) is 0. The highest BCUT2D eigenvalue weighted by Gasteiger charge is 2.19. The van der Waals surface area contributed by atoms with Crippen LogP contribution >= 0.6 is 0 Å². The number of fused-ring (bicyclic) bond motifs is 1. The second kappa shape index (κ2) is 4.78. The van der Waals surface area contributed by atoms with Crippen molar-refractivity contribution >= 4 is 10.8 Å². The summed E-state index contributed by atoms with van der Waals surface area (Å²) in [4.78, 5) is 14.3. The van der Waals surface area contributed by atoms with Crippen molar-refractivity contribution in [3.8, 4) is 0 Å². The second-order valence-electron chi connectivity index (χ2n) is 5.52. The maximum atomic E-state index is 12.0. The lowest BCUT2D eigenvalue weighted by Crippen LogP contribution is -2.30. The smallest absolute Gasteiger partial charge is 0.274 e. The monoisotopic (exact) mass is 257 g/mol. The number of aromatic nitrogens is 2. The van der Waals surface area contributed by atoms with Gasteiger partial charge in [0, 0.05) is 19.0 Å². The van der Waals surface area contributed by atoms with Crippen molar-refractivity contribution < 1.29 is 0 Å². The minimum Gasteiger partial charge on any atom is -0.306 e. The van der Waals surface area contributed by atoms with Crippen molar-refractivity contribution in [2.45, 2.75) is 18.8 Å². The highest BCUT2D eigenvalue weighted by Crippen LogP contribution is 2.27. The van der Waals surface area contributed by atoms with E-state index in [-0.39, 0.29) is 5.56 Å². The second-order valence-corrected chi connectivity index (χ2v) is 5.52. The van der Waals surface area contributed by atoms with Crippen LogP contribution in [0.4, 0.5) is 0 Å². The molecule has 0 spiro atoms. The van der Waals surface area contributed by atoms with Gasteiger partial charge in [-0.1, -0.05) is 6.07 Å². The SMILES string of the molecule is CN1CCCC(c2ccc3c(=O)n(C)ncc3c2)C1. The lowest BCUT2D eigenvalue weighted by Gasteiger charge is -2.30. The third-order valence-electron chi connectivity index (χ3n) is 4.07. The Morgan fingerprint density at radius 1 is 1.32 bits per heavy atom. The molecule has 0 amide bonds. The van der Waals surface area contributed by atoms with Crippen molar-refractivity contribution in [3.63, 3.8) is 0 Å². The van der Waals surface area contributed by atoms with E-state index < -0.39 is 0 Å². The Morgan fingerprint density at radius 3 is 2.95 bits per heavy atom. The summed E-state index contributed by atoms with van der Waals surface area (Å²) >= 11 is 0. The van der Waals surface area contributed by atoms with Crippen LogP contribution in [-0.4, -0.2) is 34.8 Å². The van der Waals surface area contributed by atoms with Crippen molar-refractivity contribution in [1.82, 2.24) is 14.7 Å². The van der Waals surface area contributed by atoms with E-state index in [2.05, 4.69) is 29.2 Å². The molecule has 1 aromatic carbocycles. The third-order valence-corrected chi connectivity index (χ3v) is 4.07. The summed E-state index contributed by atoms with van der Waals surface area (Å²) in [6.07, 6.45) is 4.26. The summed E-state index contributed by atoms with van der Waals surface area (Å²) in [5, 5.41) is 5.81. The van der Waals surface area contributed by atoms with Gasteiger partial charge in [-0.05, 0) is 50.0 Å². The Labute approximate surface area is 112 Å². The molecule has 0 saturated carbocycles. The summed E-state index contributed by atoms with van der Waals surface area (Å²) in [7, 11) is 3.86. The molecule has 2 heterocycles.